The molecular weight excluding hydrogens is 317 g/mol. The first-order valence-corrected chi connectivity index (χ1v) is 8.23. The smallest absolute Gasteiger partial charge is 0.226 e. The Balaban J connectivity index is 1.58. The van der Waals surface area contributed by atoms with E-state index in [-0.39, 0.29) is 24.7 Å². The lowest BCUT2D eigenvalue weighted by atomic mass is 10.0. The zero-order valence-electron chi connectivity index (χ0n) is 14.1. The fourth-order valence-electron chi connectivity index (χ4n) is 2.78. The van der Waals surface area contributed by atoms with E-state index in [9.17, 15) is 9.18 Å². The minimum Gasteiger partial charge on any atom is -0.490 e. The second-order valence-electron chi connectivity index (χ2n) is 5.92. The number of fused-ring (bicyclic) bond motifs is 1. The van der Waals surface area contributed by atoms with Gasteiger partial charge in [0.25, 0.3) is 0 Å². The number of rotatable bonds is 6. The lowest BCUT2D eigenvalue weighted by molar-refractivity contribution is -0.130. The molecule has 128 valence electrons. The van der Waals surface area contributed by atoms with Gasteiger partial charge in [0.1, 0.15) is 0 Å². The Bertz CT molecular complexity index is 873. The minimum absolute atomic E-state index is 0.0377. The zero-order valence-corrected chi connectivity index (χ0v) is 14.1. The highest BCUT2D eigenvalue weighted by atomic mass is 19.1. The first kappa shape index (κ1) is 17.0. The molecule has 0 bridgehead atoms. The quantitative estimate of drug-likeness (QED) is 0.667. The summed E-state index contributed by atoms with van der Waals surface area (Å²) in [7, 11) is 1.77. The molecule has 0 aliphatic carbocycles. The molecule has 4 heteroatoms. The van der Waals surface area contributed by atoms with Gasteiger partial charge in [-0.1, -0.05) is 54.6 Å². The van der Waals surface area contributed by atoms with Crippen LogP contribution in [0.25, 0.3) is 10.8 Å². The van der Waals surface area contributed by atoms with Crippen molar-refractivity contribution in [2.24, 2.45) is 0 Å². The van der Waals surface area contributed by atoms with Gasteiger partial charge in [0.05, 0.1) is 13.0 Å². The topological polar surface area (TPSA) is 29.5 Å². The summed E-state index contributed by atoms with van der Waals surface area (Å²) in [4.78, 5) is 14.0. The Morgan fingerprint density at radius 1 is 1.00 bits per heavy atom. The first-order chi connectivity index (χ1) is 12.1. The summed E-state index contributed by atoms with van der Waals surface area (Å²) in [6.07, 6.45) is 0.204. The highest BCUT2D eigenvalue weighted by Crippen LogP contribution is 2.20. The van der Waals surface area contributed by atoms with Gasteiger partial charge in [-0.25, -0.2) is 4.39 Å². The average molecular weight is 337 g/mol. The molecule has 3 nitrogen and oxygen atoms in total. The Morgan fingerprint density at radius 2 is 1.72 bits per heavy atom. The van der Waals surface area contributed by atoms with Crippen molar-refractivity contribution < 1.29 is 13.9 Å². The summed E-state index contributed by atoms with van der Waals surface area (Å²) in [6, 6.07) is 20.4. The number of carbonyl (C=O) groups excluding carboxylic acids is 1. The van der Waals surface area contributed by atoms with Crippen LogP contribution in [0, 0.1) is 5.82 Å². The van der Waals surface area contributed by atoms with E-state index in [1.165, 1.54) is 6.07 Å². The molecule has 25 heavy (non-hydrogen) atoms. The number of carbonyl (C=O) groups is 1. The standard InChI is InChI=1S/C21H20FNO2/c1-23(15-17-9-6-8-16-7-2-3-10-18(16)17)21(24)13-14-25-20-12-5-4-11-19(20)22/h2-12H,13-15H2,1H3. The number of amides is 1. The molecule has 0 N–H and O–H groups in total. The van der Waals surface area contributed by atoms with Crippen molar-refractivity contribution in [2.75, 3.05) is 13.7 Å². The Hall–Kier alpha value is -2.88. The summed E-state index contributed by atoms with van der Waals surface area (Å²) < 4.78 is 18.8. The maximum Gasteiger partial charge on any atom is 0.226 e. The summed E-state index contributed by atoms with van der Waals surface area (Å²) in [5, 5.41) is 2.30. The Morgan fingerprint density at radius 3 is 2.56 bits per heavy atom. The van der Waals surface area contributed by atoms with Gasteiger partial charge in [-0.15, -0.1) is 0 Å². The third-order valence-corrected chi connectivity index (χ3v) is 4.12. The van der Waals surface area contributed by atoms with Crippen LogP contribution in [0.15, 0.2) is 66.7 Å². The largest absolute Gasteiger partial charge is 0.490 e. The maximum absolute atomic E-state index is 13.5. The Labute approximate surface area is 146 Å². The van der Waals surface area contributed by atoms with Crippen molar-refractivity contribution in [3.05, 3.63) is 78.1 Å². The van der Waals surface area contributed by atoms with E-state index in [2.05, 4.69) is 18.2 Å². The number of benzene rings is 3. The van der Waals surface area contributed by atoms with E-state index < -0.39 is 5.82 Å². The maximum atomic E-state index is 13.5. The van der Waals surface area contributed by atoms with Gasteiger partial charge in [0.2, 0.25) is 5.91 Å². The molecule has 0 spiro atoms. The normalized spacial score (nSPS) is 10.6. The third-order valence-electron chi connectivity index (χ3n) is 4.12. The van der Waals surface area contributed by atoms with Crippen molar-refractivity contribution >= 4 is 16.7 Å². The lowest BCUT2D eigenvalue weighted by Crippen LogP contribution is -2.27. The van der Waals surface area contributed by atoms with Crippen LogP contribution in [-0.4, -0.2) is 24.5 Å². The molecule has 3 aromatic rings. The molecule has 3 aromatic carbocycles. The molecule has 0 heterocycles. The average Bonchev–Trinajstić information content (AvgIpc) is 2.63. The molecule has 0 aliphatic heterocycles. The van der Waals surface area contributed by atoms with Crippen LogP contribution in [0.1, 0.15) is 12.0 Å². The van der Waals surface area contributed by atoms with Gasteiger partial charge in [0.15, 0.2) is 11.6 Å². The minimum atomic E-state index is -0.418. The summed E-state index contributed by atoms with van der Waals surface area (Å²) >= 11 is 0. The van der Waals surface area contributed by atoms with Crippen molar-refractivity contribution in [1.82, 2.24) is 4.90 Å². The Kier molecular flexibility index (Phi) is 5.29. The van der Waals surface area contributed by atoms with Gasteiger partial charge in [0, 0.05) is 13.6 Å². The van der Waals surface area contributed by atoms with E-state index in [1.54, 1.807) is 30.1 Å². The van der Waals surface area contributed by atoms with Crippen molar-refractivity contribution in [1.29, 1.82) is 0 Å². The molecule has 0 aliphatic rings. The first-order valence-electron chi connectivity index (χ1n) is 8.23. The third kappa shape index (κ3) is 4.15. The van der Waals surface area contributed by atoms with E-state index in [0.29, 0.717) is 6.54 Å². The fourth-order valence-corrected chi connectivity index (χ4v) is 2.78. The molecule has 0 saturated carbocycles. The predicted molar refractivity (Wildman–Crippen MR) is 96.9 cm³/mol. The SMILES string of the molecule is CN(Cc1cccc2ccccc12)C(=O)CCOc1ccccc1F. The number of halogens is 1. The van der Waals surface area contributed by atoms with Crippen LogP contribution < -0.4 is 4.74 Å². The molecule has 0 radical (unpaired) electrons. The van der Waals surface area contributed by atoms with E-state index in [0.717, 1.165) is 16.3 Å². The second-order valence-corrected chi connectivity index (χ2v) is 5.92. The summed E-state index contributed by atoms with van der Waals surface area (Å²) in [6.45, 7) is 0.680. The second kappa shape index (κ2) is 7.79. The number of nitrogens with zero attached hydrogens (tertiary/aromatic N) is 1. The van der Waals surface area contributed by atoms with E-state index in [4.69, 9.17) is 4.74 Å². The number of hydrogen-bond donors (Lipinski definition) is 0. The fraction of sp³-hybridized carbons (Fsp3) is 0.190. The summed E-state index contributed by atoms with van der Waals surface area (Å²) in [5.74, 6) is -0.282. The van der Waals surface area contributed by atoms with Crippen molar-refractivity contribution in [3.63, 3.8) is 0 Å². The molecule has 0 unspecified atom stereocenters. The van der Waals surface area contributed by atoms with Crippen LogP contribution in [0.4, 0.5) is 4.39 Å². The van der Waals surface area contributed by atoms with Gasteiger partial charge < -0.3 is 9.64 Å². The zero-order chi connectivity index (χ0) is 17.6. The van der Waals surface area contributed by atoms with Crippen LogP contribution in [0.5, 0.6) is 5.75 Å². The van der Waals surface area contributed by atoms with E-state index in [1.807, 2.05) is 24.3 Å². The monoisotopic (exact) mass is 337 g/mol. The molecular formula is C21H20FNO2. The molecule has 0 atom stereocenters. The highest BCUT2D eigenvalue weighted by Gasteiger charge is 2.11. The van der Waals surface area contributed by atoms with Crippen molar-refractivity contribution in [3.8, 4) is 5.75 Å². The highest BCUT2D eigenvalue weighted by molar-refractivity contribution is 5.86. The number of hydrogen-bond acceptors (Lipinski definition) is 2. The number of ether oxygens (including phenoxy) is 1. The molecule has 0 aromatic heterocycles. The molecule has 1 amide bonds. The van der Waals surface area contributed by atoms with Crippen LogP contribution >= 0.6 is 0 Å². The van der Waals surface area contributed by atoms with Gasteiger partial charge in [-0.3, -0.25) is 4.79 Å². The molecule has 3 rings (SSSR count). The van der Waals surface area contributed by atoms with Crippen molar-refractivity contribution in [2.45, 2.75) is 13.0 Å². The van der Waals surface area contributed by atoms with Crippen LogP contribution in [0.3, 0.4) is 0 Å². The summed E-state index contributed by atoms with van der Waals surface area (Å²) in [5.41, 5.74) is 1.10. The molecule has 0 saturated heterocycles. The van der Waals surface area contributed by atoms with Gasteiger partial charge in [-0.2, -0.15) is 0 Å². The van der Waals surface area contributed by atoms with E-state index >= 15 is 0 Å². The lowest BCUT2D eigenvalue weighted by Gasteiger charge is -2.18. The predicted octanol–water partition coefficient (Wildman–Crippen LogP) is 4.41. The van der Waals surface area contributed by atoms with Gasteiger partial charge in [-0.05, 0) is 28.5 Å². The van der Waals surface area contributed by atoms with Crippen LogP contribution in [0.2, 0.25) is 0 Å². The van der Waals surface area contributed by atoms with Gasteiger partial charge >= 0.3 is 0 Å². The van der Waals surface area contributed by atoms with Crippen LogP contribution in [-0.2, 0) is 11.3 Å². The molecule has 0 fully saturated rings. The number of para-hydroxylation sites is 1.